The van der Waals surface area contributed by atoms with Crippen molar-refractivity contribution < 1.29 is 9.18 Å². The van der Waals surface area contributed by atoms with Gasteiger partial charge in [0.15, 0.2) is 0 Å². The molecule has 0 spiro atoms. The molecule has 106 valence electrons. The third kappa shape index (κ3) is 3.18. The average molecular weight is 283 g/mol. The lowest BCUT2D eigenvalue weighted by molar-refractivity contribution is 0.102. The number of benzene rings is 2. The van der Waals surface area contributed by atoms with Crippen LogP contribution in [-0.4, -0.2) is 20.0 Å². The van der Waals surface area contributed by atoms with Crippen LogP contribution in [0.2, 0.25) is 0 Å². The number of nitriles is 1. The van der Waals surface area contributed by atoms with Gasteiger partial charge < -0.3 is 10.2 Å². The number of anilines is 2. The van der Waals surface area contributed by atoms with Crippen molar-refractivity contribution in [3.8, 4) is 6.07 Å². The van der Waals surface area contributed by atoms with Crippen LogP contribution >= 0.6 is 0 Å². The van der Waals surface area contributed by atoms with Gasteiger partial charge in [-0.15, -0.1) is 0 Å². The van der Waals surface area contributed by atoms with Gasteiger partial charge in [-0.25, -0.2) is 4.39 Å². The monoisotopic (exact) mass is 283 g/mol. The second-order valence-electron chi connectivity index (χ2n) is 4.67. The van der Waals surface area contributed by atoms with Gasteiger partial charge in [0.25, 0.3) is 5.91 Å². The first-order valence-electron chi connectivity index (χ1n) is 6.30. The third-order valence-corrected chi connectivity index (χ3v) is 3.02. The van der Waals surface area contributed by atoms with Crippen molar-refractivity contribution in [1.82, 2.24) is 0 Å². The minimum absolute atomic E-state index is 0.166. The first kappa shape index (κ1) is 14.5. The molecule has 2 rings (SSSR count). The molecule has 1 N–H and O–H groups in total. The average Bonchev–Trinajstić information content (AvgIpc) is 2.47. The molecule has 0 aromatic heterocycles. The molecule has 0 heterocycles. The summed E-state index contributed by atoms with van der Waals surface area (Å²) in [6, 6.07) is 12.8. The maximum atomic E-state index is 13.5. The zero-order valence-corrected chi connectivity index (χ0v) is 11.7. The predicted molar refractivity (Wildman–Crippen MR) is 79.8 cm³/mol. The van der Waals surface area contributed by atoms with Crippen molar-refractivity contribution in [2.45, 2.75) is 0 Å². The van der Waals surface area contributed by atoms with E-state index in [1.165, 1.54) is 18.2 Å². The van der Waals surface area contributed by atoms with Crippen molar-refractivity contribution in [2.24, 2.45) is 0 Å². The van der Waals surface area contributed by atoms with E-state index in [1.54, 1.807) is 18.2 Å². The summed E-state index contributed by atoms with van der Waals surface area (Å²) >= 11 is 0. The second kappa shape index (κ2) is 6.06. The van der Waals surface area contributed by atoms with Gasteiger partial charge >= 0.3 is 0 Å². The highest BCUT2D eigenvalue weighted by atomic mass is 19.1. The van der Waals surface area contributed by atoms with E-state index in [-0.39, 0.29) is 17.2 Å². The molecule has 0 unspecified atom stereocenters. The fraction of sp³-hybridized carbons (Fsp3) is 0.125. The highest BCUT2D eigenvalue weighted by Crippen LogP contribution is 2.19. The summed E-state index contributed by atoms with van der Waals surface area (Å²) in [4.78, 5) is 14.0. The molecule has 0 fully saturated rings. The Morgan fingerprint density at radius 1 is 1.19 bits per heavy atom. The van der Waals surface area contributed by atoms with Gasteiger partial charge in [-0.05, 0) is 36.4 Å². The Hall–Kier alpha value is -2.87. The summed E-state index contributed by atoms with van der Waals surface area (Å²) in [5.74, 6) is -1.04. The minimum atomic E-state index is -0.654. The lowest BCUT2D eigenvalue weighted by Gasteiger charge is -2.13. The topological polar surface area (TPSA) is 56.1 Å². The first-order valence-corrected chi connectivity index (χ1v) is 6.30. The molecule has 0 aliphatic heterocycles. The van der Waals surface area contributed by atoms with Crippen LogP contribution in [0.15, 0.2) is 42.5 Å². The zero-order valence-electron chi connectivity index (χ0n) is 11.7. The largest absolute Gasteiger partial charge is 0.378 e. The van der Waals surface area contributed by atoms with Crippen molar-refractivity contribution in [2.75, 3.05) is 24.3 Å². The van der Waals surface area contributed by atoms with E-state index in [0.29, 0.717) is 5.56 Å². The highest BCUT2D eigenvalue weighted by Gasteiger charge is 2.12. The van der Waals surface area contributed by atoms with Crippen molar-refractivity contribution in [3.63, 3.8) is 0 Å². The van der Waals surface area contributed by atoms with Crippen molar-refractivity contribution in [3.05, 3.63) is 59.4 Å². The molecular formula is C16H14FN3O. The van der Waals surface area contributed by atoms with Gasteiger partial charge in [0.1, 0.15) is 17.4 Å². The quantitative estimate of drug-likeness (QED) is 0.942. The van der Waals surface area contributed by atoms with Crippen LogP contribution in [0.4, 0.5) is 15.8 Å². The van der Waals surface area contributed by atoms with Gasteiger partial charge in [-0.2, -0.15) is 5.26 Å². The Labute approximate surface area is 122 Å². The molecule has 4 nitrogen and oxygen atoms in total. The van der Waals surface area contributed by atoms with Gasteiger partial charge in [-0.3, -0.25) is 4.79 Å². The molecule has 0 saturated heterocycles. The molecule has 0 atom stereocenters. The van der Waals surface area contributed by atoms with Gasteiger partial charge in [-0.1, -0.05) is 6.07 Å². The van der Waals surface area contributed by atoms with E-state index < -0.39 is 5.82 Å². The lowest BCUT2D eigenvalue weighted by Crippen LogP contribution is -2.14. The number of hydrogen-bond acceptors (Lipinski definition) is 3. The van der Waals surface area contributed by atoms with Crippen LogP contribution in [0.5, 0.6) is 0 Å². The number of carbonyl (C=O) groups excluding carboxylic acids is 1. The normalized spacial score (nSPS) is 9.81. The number of halogens is 1. The molecular weight excluding hydrogens is 269 g/mol. The van der Waals surface area contributed by atoms with Crippen LogP contribution in [0.1, 0.15) is 15.9 Å². The maximum absolute atomic E-state index is 13.5. The minimum Gasteiger partial charge on any atom is -0.378 e. The van der Waals surface area contributed by atoms with E-state index in [1.807, 2.05) is 31.1 Å². The Morgan fingerprint density at radius 3 is 2.43 bits per heavy atom. The predicted octanol–water partition coefficient (Wildman–Crippen LogP) is 3.02. The summed E-state index contributed by atoms with van der Waals surface area (Å²) < 4.78 is 13.5. The standard InChI is InChI=1S/C16H14FN3O/c1-20(2)12-8-6-11(7-9-12)16(21)19-15-5-3-4-14(17)13(15)10-18/h3-9H,1-2H3,(H,19,21). The molecule has 1 amide bonds. The van der Waals surface area contributed by atoms with E-state index >= 15 is 0 Å². The molecule has 0 saturated carbocycles. The van der Waals surface area contributed by atoms with Gasteiger partial charge in [0.2, 0.25) is 0 Å². The third-order valence-electron chi connectivity index (χ3n) is 3.02. The first-order chi connectivity index (χ1) is 10.0. The summed E-state index contributed by atoms with van der Waals surface area (Å²) in [7, 11) is 3.81. The van der Waals surface area contributed by atoms with E-state index in [9.17, 15) is 9.18 Å². The number of hydrogen-bond donors (Lipinski definition) is 1. The summed E-state index contributed by atoms with van der Waals surface area (Å²) in [5.41, 5.74) is 1.40. The number of amides is 1. The Balaban J connectivity index is 2.23. The summed E-state index contributed by atoms with van der Waals surface area (Å²) in [5, 5.41) is 11.5. The summed E-state index contributed by atoms with van der Waals surface area (Å²) in [6.45, 7) is 0. The molecule has 2 aromatic rings. The number of nitrogens with zero attached hydrogens (tertiary/aromatic N) is 2. The van der Waals surface area contributed by atoms with E-state index in [0.717, 1.165) is 5.69 Å². The van der Waals surface area contributed by atoms with Crippen LogP contribution in [0, 0.1) is 17.1 Å². The Morgan fingerprint density at radius 2 is 1.86 bits per heavy atom. The van der Waals surface area contributed by atoms with Crippen molar-refractivity contribution in [1.29, 1.82) is 5.26 Å². The number of rotatable bonds is 3. The SMILES string of the molecule is CN(C)c1ccc(C(=O)Nc2cccc(F)c2C#N)cc1. The second-order valence-corrected chi connectivity index (χ2v) is 4.67. The Bertz CT molecular complexity index is 702. The van der Waals surface area contributed by atoms with Gasteiger partial charge in [0, 0.05) is 25.3 Å². The van der Waals surface area contributed by atoms with E-state index in [4.69, 9.17) is 5.26 Å². The summed E-state index contributed by atoms with van der Waals surface area (Å²) in [6.07, 6.45) is 0. The van der Waals surface area contributed by atoms with Crippen molar-refractivity contribution >= 4 is 17.3 Å². The fourth-order valence-corrected chi connectivity index (χ4v) is 1.85. The molecule has 2 aromatic carbocycles. The molecule has 0 radical (unpaired) electrons. The van der Waals surface area contributed by atoms with Crippen LogP contribution in [-0.2, 0) is 0 Å². The number of nitrogens with one attached hydrogen (secondary N) is 1. The van der Waals surface area contributed by atoms with Crippen LogP contribution in [0.25, 0.3) is 0 Å². The van der Waals surface area contributed by atoms with E-state index in [2.05, 4.69) is 5.32 Å². The fourth-order valence-electron chi connectivity index (χ4n) is 1.85. The molecule has 0 aliphatic carbocycles. The highest BCUT2D eigenvalue weighted by molar-refractivity contribution is 6.05. The molecule has 21 heavy (non-hydrogen) atoms. The maximum Gasteiger partial charge on any atom is 0.255 e. The van der Waals surface area contributed by atoms with Crippen LogP contribution < -0.4 is 10.2 Å². The molecule has 5 heteroatoms. The van der Waals surface area contributed by atoms with Crippen LogP contribution in [0.3, 0.4) is 0 Å². The molecule has 0 bridgehead atoms. The van der Waals surface area contributed by atoms with Gasteiger partial charge in [0.05, 0.1) is 5.69 Å². The smallest absolute Gasteiger partial charge is 0.255 e. The molecule has 0 aliphatic rings. The Kier molecular flexibility index (Phi) is 4.19. The zero-order chi connectivity index (χ0) is 15.4. The number of carbonyl (C=O) groups is 1. The lowest BCUT2D eigenvalue weighted by atomic mass is 10.1.